The van der Waals surface area contributed by atoms with Gasteiger partial charge in [-0.05, 0) is 29.8 Å². The van der Waals surface area contributed by atoms with Crippen molar-refractivity contribution in [3.63, 3.8) is 0 Å². The highest BCUT2D eigenvalue weighted by atomic mass is 19.1. The number of para-hydroxylation sites is 1. The lowest BCUT2D eigenvalue weighted by atomic mass is 10.1. The lowest BCUT2D eigenvalue weighted by molar-refractivity contribution is -0.118. The number of amides is 1. The third-order valence-electron chi connectivity index (χ3n) is 5.18. The molecule has 1 amide bonds. The van der Waals surface area contributed by atoms with Crippen LogP contribution >= 0.6 is 0 Å². The predicted molar refractivity (Wildman–Crippen MR) is 120 cm³/mol. The molecule has 0 unspecified atom stereocenters. The van der Waals surface area contributed by atoms with E-state index >= 15 is 0 Å². The molecule has 2 aromatic rings. The summed E-state index contributed by atoms with van der Waals surface area (Å²) < 4.78 is 14.0. The van der Waals surface area contributed by atoms with Gasteiger partial charge in [0.25, 0.3) is 0 Å². The summed E-state index contributed by atoms with van der Waals surface area (Å²) in [7, 11) is 1.77. The summed E-state index contributed by atoms with van der Waals surface area (Å²) >= 11 is 0. The van der Waals surface area contributed by atoms with E-state index in [2.05, 4.69) is 25.4 Å². The standard InChI is InChI=1S/C23H30FN5O/c1-17(2)22(30)27-19-10-8-18(9-11-19)16-26-23(25-3)29-14-12-28(13-15-29)21-7-5-4-6-20(21)24/h4-11,17H,12-16H2,1-3H3,(H,25,26)(H,27,30). The van der Waals surface area contributed by atoms with Gasteiger partial charge in [-0.3, -0.25) is 9.79 Å². The van der Waals surface area contributed by atoms with E-state index in [9.17, 15) is 9.18 Å². The average molecular weight is 412 g/mol. The first-order valence-corrected chi connectivity index (χ1v) is 10.3. The zero-order valence-corrected chi connectivity index (χ0v) is 17.9. The average Bonchev–Trinajstić information content (AvgIpc) is 2.76. The molecule has 0 aliphatic carbocycles. The van der Waals surface area contributed by atoms with E-state index < -0.39 is 0 Å². The molecule has 6 nitrogen and oxygen atoms in total. The van der Waals surface area contributed by atoms with Crippen LogP contribution in [-0.4, -0.2) is 50.0 Å². The van der Waals surface area contributed by atoms with Crippen molar-refractivity contribution in [2.45, 2.75) is 20.4 Å². The van der Waals surface area contributed by atoms with Gasteiger partial charge in [0.15, 0.2) is 5.96 Å². The third-order valence-corrected chi connectivity index (χ3v) is 5.18. The quantitative estimate of drug-likeness (QED) is 0.585. The maximum atomic E-state index is 14.0. The second-order valence-corrected chi connectivity index (χ2v) is 7.67. The second kappa shape index (κ2) is 10.1. The lowest BCUT2D eigenvalue weighted by Crippen LogP contribution is -2.52. The Morgan fingerprint density at radius 3 is 2.33 bits per heavy atom. The molecule has 0 aromatic heterocycles. The van der Waals surface area contributed by atoms with Crippen molar-refractivity contribution in [2.75, 3.05) is 43.4 Å². The number of anilines is 2. The number of benzene rings is 2. The van der Waals surface area contributed by atoms with Gasteiger partial charge in [-0.1, -0.05) is 38.1 Å². The number of halogens is 1. The maximum absolute atomic E-state index is 14.0. The van der Waals surface area contributed by atoms with E-state index in [1.165, 1.54) is 6.07 Å². The summed E-state index contributed by atoms with van der Waals surface area (Å²) in [5, 5.41) is 6.29. The molecule has 3 rings (SSSR count). The summed E-state index contributed by atoms with van der Waals surface area (Å²) in [6.45, 7) is 7.41. The van der Waals surface area contributed by atoms with Crippen LogP contribution in [0.3, 0.4) is 0 Å². The summed E-state index contributed by atoms with van der Waals surface area (Å²) in [5.74, 6) is 0.617. The Balaban J connectivity index is 1.51. The van der Waals surface area contributed by atoms with Crippen LogP contribution in [0.5, 0.6) is 0 Å². The van der Waals surface area contributed by atoms with E-state index in [4.69, 9.17) is 0 Å². The monoisotopic (exact) mass is 411 g/mol. The van der Waals surface area contributed by atoms with Crippen molar-refractivity contribution in [2.24, 2.45) is 10.9 Å². The third kappa shape index (κ3) is 5.49. The van der Waals surface area contributed by atoms with Gasteiger partial charge in [-0.15, -0.1) is 0 Å². The summed E-state index contributed by atoms with van der Waals surface area (Å²) in [4.78, 5) is 20.5. The van der Waals surface area contributed by atoms with Crippen molar-refractivity contribution in [1.29, 1.82) is 0 Å². The van der Waals surface area contributed by atoms with Gasteiger partial charge in [0.1, 0.15) is 5.82 Å². The summed E-state index contributed by atoms with van der Waals surface area (Å²) in [5.41, 5.74) is 2.56. The van der Waals surface area contributed by atoms with Gasteiger partial charge in [0.2, 0.25) is 5.91 Å². The van der Waals surface area contributed by atoms with Crippen LogP contribution in [0, 0.1) is 11.7 Å². The minimum atomic E-state index is -0.179. The van der Waals surface area contributed by atoms with Crippen LogP contribution < -0.4 is 15.5 Å². The number of carbonyl (C=O) groups is 1. The molecule has 0 radical (unpaired) electrons. The molecular weight excluding hydrogens is 381 g/mol. The Bertz CT molecular complexity index is 873. The second-order valence-electron chi connectivity index (χ2n) is 7.67. The molecule has 7 heteroatoms. The zero-order valence-electron chi connectivity index (χ0n) is 17.9. The zero-order chi connectivity index (χ0) is 21.5. The number of guanidine groups is 1. The van der Waals surface area contributed by atoms with Gasteiger partial charge in [0, 0.05) is 51.4 Å². The molecule has 160 valence electrons. The molecule has 30 heavy (non-hydrogen) atoms. The van der Waals surface area contributed by atoms with Gasteiger partial charge in [0.05, 0.1) is 5.69 Å². The van der Waals surface area contributed by atoms with Crippen molar-refractivity contribution in [1.82, 2.24) is 10.2 Å². The number of hydrogen-bond acceptors (Lipinski definition) is 3. The number of nitrogens with zero attached hydrogens (tertiary/aromatic N) is 3. The SMILES string of the molecule is CN=C(NCc1ccc(NC(=O)C(C)C)cc1)N1CCN(c2ccccc2F)CC1. The van der Waals surface area contributed by atoms with E-state index in [0.29, 0.717) is 12.2 Å². The molecule has 1 heterocycles. The van der Waals surface area contributed by atoms with Crippen molar-refractivity contribution in [3.8, 4) is 0 Å². The molecular formula is C23H30FN5O. The van der Waals surface area contributed by atoms with E-state index in [0.717, 1.165) is 43.4 Å². The highest BCUT2D eigenvalue weighted by molar-refractivity contribution is 5.92. The first kappa shape index (κ1) is 21.6. The Morgan fingerprint density at radius 2 is 1.73 bits per heavy atom. The number of nitrogens with one attached hydrogen (secondary N) is 2. The van der Waals surface area contributed by atoms with Crippen molar-refractivity contribution in [3.05, 3.63) is 59.9 Å². The van der Waals surface area contributed by atoms with E-state index in [1.807, 2.05) is 50.2 Å². The number of rotatable bonds is 5. The van der Waals surface area contributed by atoms with Crippen molar-refractivity contribution >= 4 is 23.2 Å². The van der Waals surface area contributed by atoms with Gasteiger partial charge < -0.3 is 20.4 Å². The topological polar surface area (TPSA) is 60.0 Å². The molecule has 0 saturated carbocycles. The number of piperazine rings is 1. The highest BCUT2D eigenvalue weighted by Gasteiger charge is 2.21. The van der Waals surface area contributed by atoms with E-state index in [1.54, 1.807) is 13.1 Å². The summed E-state index contributed by atoms with van der Waals surface area (Å²) in [6, 6.07) is 14.7. The molecule has 0 spiro atoms. The molecule has 2 aromatic carbocycles. The van der Waals surface area contributed by atoms with Crippen LogP contribution in [-0.2, 0) is 11.3 Å². The molecule has 1 fully saturated rings. The van der Waals surface area contributed by atoms with E-state index in [-0.39, 0.29) is 17.6 Å². The van der Waals surface area contributed by atoms with Crippen LogP contribution in [0.4, 0.5) is 15.8 Å². The van der Waals surface area contributed by atoms with Crippen LogP contribution in [0.25, 0.3) is 0 Å². The Kier molecular flexibility index (Phi) is 7.27. The van der Waals surface area contributed by atoms with Gasteiger partial charge >= 0.3 is 0 Å². The molecule has 1 aliphatic heterocycles. The van der Waals surface area contributed by atoms with Crippen LogP contribution in [0.15, 0.2) is 53.5 Å². The Hall–Kier alpha value is -3.09. The first-order chi connectivity index (χ1) is 14.5. The molecule has 1 aliphatic rings. The highest BCUT2D eigenvalue weighted by Crippen LogP contribution is 2.20. The van der Waals surface area contributed by atoms with Gasteiger partial charge in [-0.25, -0.2) is 4.39 Å². The Morgan fingerprint density at radius 1 is 1.07 bits per heavy atom. The summed E-state index contributed by atoms with van der Waals surface area (Å²) in [6.07, 6.45) is 0. The number of carbonyl (C=O) groups excluding carboxylic acids is 1. The predicted octanol–water partition coefficient (Wildman–Crippen LogP) is 3.32. The lowest BCUT2D eigenvalue weighted by Gasteiger charge is -2.37. The fourth-order valence-electron chi connectivity index (χ4n) is 3.37. The minimum Gasteiger partial charge on any atom is -0.366 e. The number of hydrogen-bond donors (Lipinski definition) is 2. The smallest absolute Gasteiger partial charge is 0.226 e. The van der Waals surface area contributed by atoms with Crippen molar-refractivity contribution < 1.29 is 9.18 Å². The molecule has 0 atom stereocenters. The van der Waals surface area contributed by atoms with Crippen LogP contribution in [0.1, 0.15) is 19.4 Å². The molecule has 2 N–H and O–H groups in total. The fraction of sp³-hybridized carbons (Fsp3) is 0.391. The van der Waals surface area contributed by atoms with Crippen LogP contribution in [0.2, 0.25) is 0 Å². The minimum absolute atomic E-state index is 0.0100. The molecule has 1 saturated heterocycles. The maximum Gasteiger partial charge on any atom is 0.226 e. The normalized spacial score (nSPS) is 14.8. The Labute approximate surface area is 177 Å². The number of aliphatic imine (C=N–C) groups is 1. The fourth-order valence-corrected chi connectivity index (χ4v) is 3.37. The first-order valence-electron chi connectivity index (χ1n) is 10.3. The largest absolute Gasteiger partial charge is 0.366 e. The molecule has 0 bridgehead atoms. The van der Waals surface area contributed by atoms with Gasteiger partial charge in [-0.2, -0.15) is 0 Å².